The molecular weight excluding hydrogens is 378 g/mol. The van der Waals surface area contributed by atoms with Crippen LogP contribution in [0.2, 0.25) is 0 Å². The molecule has 0 spiro atoms. The lowest BCUT2D eigenvalue weighted by atomic mass is 10.1. The molecule has 2 aromatic carbocycles. The van der Waals surface area contributed by atoms with Gasteiger partial charge >= 0.3 is 0 Å². The van der Waals surface area contributed by atoms with Crippen molar-refractivity contribution in [3.8, 4) is 5.75 Å². The second-order valence-electron chi connectivity index (χ2n) is 7.90. The van der Waals surface area contributed by atoms with E-state index in [-0.39, 0.29) is 11.8 Å². The molecule has 0 aromatic heterocycles. The lowest BCUT2D eigenvalue weighted by Crippen LogP contribution is -2.48. The highest BCUT2D eigenvalue weighted by molar-refractivity contribution is 6.00. The number of carbonyl (C=O) groups excluding carboxylic acids is 2. The Morgan fingerprint density at radius 3 is 2.63 bits per heavy atom. The van der Waals surface area contributed by atoms with Gasteiger partial charge in [0.25, 0.3) is 5.91 Å². The number of fused-ring (bicyclic) bond motifs is 1. The summed E-state index contributed by atoms with van der Waals surface area (Å²) in [6, 6.07) is 15.1. The van der Waals surface area contributed by atoms with Crippen LogP contribution in [0.15, 0.2) is 48.5 Å². The average Bonchev–Trinajstić information content (AvgIpc) is 3.19. The molecule has 6 nitrogen and oxygen atoms in total. The van der Waals surface area contributed by atoms with Crippen molar-refractivity contribution in [3.63, 3.8) is 0 Å². The Bertz CT molecular complexity index is 929. The number of amides is 2. The number of likely N-dealkylation sites (tertiary alicyclic amines) is 1. The Kier molecular flexibility index (Phi) is 5.93. The summed E-state index contributed by atoms with van der Waals surface area (Å²) in [6.07, 6.45) is 1.54. The van der Waals surface area contributed by atoms with Crippen LogP contribution >= 0.6 is 0 Å². The minimum atomic E-state index is -0.414. The molecular formula is C24H29N3O3. The monoisotopic (exact) mass is 407 g/mol. The number of nitrogens with zero attached hydrogens (tertiary/aromatic N) is 3. The molecule has 2 aliphatic heterocycles. The molecule has 0 aliphatic carbocycles. The summed E-state index contributed by atoms with van der Waals surface area (Å²) in [4.78, 5) is 32.7. The third-order valence-electron chi connectivity index (χ3n) is 6.00. The van der Waals surface area contributed by atoms with E-state index in [1.165, 1.54) is 0 Å². The summed E-state index contributed by atoms with van der Waals surface area (Å²) in [7, 11) is 2.06. The summed E-state index contributed by atoms with van der Waals surface area (Å²) in [5, 5.41) is 0. The van der Waals surface area contributed by atoms with E-state index in [1.54, 1.807) is 11.0 Å². The highest BCUT2D eigenvalue weighted by atomic mass is 16.5. The van der Waals surface area contributed by atoms with E-state index in [2.05, 4.69) is 24.1 Å². The van der Waals surface area contributed by atoms with Crippen LogP contribution in [0.25, 0.3) is 0 Å². The standard InChI is InChI=1S/C24H29N3O3/c1-3-30-22-13-7-5-10-19(22)23(28)27-14-8-12-21(27)24(29)26-16-15-25(2)20-11-6-4-9-18(20)17-26/h4-7,9-11,13,21H,3,8,12,14-17H2,1-2H3. The van der Waals surface area contributed by atoms with Gasteiger partial charge in [-0.15, -0.1) is 0 Å². The zero-order chi connectivity index (χ0) is 21.1. The number of rotatable bonds is 4. The molecule has 30 heavy (non-hydrogen) atoms. The van der Waals surface area contributed by atoms with E-state index in [0.29, 0.717) is 44.0 Å². The zero-order valence-electron chi connectivity index (χ0n) is 17.7. The van der Waals surface area contributed by atoms with E-state index in [1.807, 2.05) is 42.2 Å². The maximum atomic E-state index is 13.5. The molecule has 4 rings (SSSR count). The summed E-state index contributed by atoms with van der Waals surface area (Å²) in [5.74, 6) is 0.496. The topological polar surface area (TPSA) is 53.1 Å². The van der Waals surface area contributed by atoms with Gasteiger partial charge in [-0.1, -0.05) is 30.3 Å². The highest BCUT2D eigenvalue weighted by Crippen LogP contribution is 2.29. The quantitative estimate of drug-likeness (QED) is 0.781. The fraction of sp³-hybridized carbons (Fsp3) is 0.417. The largest absolute Gasteiger partial charge is 0.493 e. The van der Waals surface area contributed by atoms with Gasteiger partial charge < -0.3 is 19.4 Å². The molecule has 2 aliphatic rings. The fourth-order valence-corrected chi connectivity index (χ4v) is 4.44. The van der Waals surface area contributed by atoms with Gasteiger partial charge in [-0.2, -0.15) is 0 Å². The lowest BCUT2D eigenvalue weighted by molar-refractivity contribution is -0.135. The molecule has 158 valence electrons. The van der Waals surface area contributed by atoms with Crippen LogP contribution in [-0.2, 0) is 11.3 Å². The number of benzene rings is 2. The molecule has 1 fully saturated rings. The van der Waals surface area contributed by atoms with Gasteiger partial charge in [0.15, 0.2) is 0 Å². The first-order chi connectivity index (χ1) is 14.6. The second-order valence-corrected chi connectivity index (χ2v) is 7.90. The SMILES string of the molecule is CCOc1ccccc1C(=O)N1CCCC1C(=O)N1CCN(C)c2ccccc2C1. The zero-order valence-corrected chi connectivity index (χ0v) is 17.7. The van der Waals surface area contributed by atoms with Gasteiger partial charge in [0.05, 0.1) is 12.2 Å². The van der Waals surface area contributed by atoms with E-state index in [0.717, 1.165) is 24.2 Å². The van der Waals surface area contributed by atoms with Crippen molar-refractivity contribution in [3.05, 3.63) is 59.7 Å². The van der Waals surface area contributed by atoms with Gasteiger partial charge in [-0.3, -0.25) is 9.59 Å². The minimum absolute atomic E-state index is 0.0415. The van der Waals surface area contributed by atoms with Gasteiger partial charge in [0.2, 0.25) is 5.91 Å². The van der Waals surface area contributed by atoms with E-state index in [9.17, 15) is 9.59 Å². The summed E-state index contributed by atoms with van der Waals surface area (Å²) in [6.45, 7) is 4.99. The van der Waals surface area contributed by atoms with Crippen LogP contribution in [0.5, 0.6) is 5.75 Å². The van der Waals surface area contributed by atoms with Crippen LogP contribution in [0.3, 0.4) is 0 Å². The Morgan fingerprint density at radius 2 is 1.80 bits per heavy atom. The number of para-hydroxylation sites is 2. The van der Waals surface area contributed by atoms with E-state index < -0.39 is 6.04 Å². The Hall–Kier alpha value is -3.02. The number of ether oxygens (including phenoxy) is 1. The van der Waals surface area contributed by atoms with Gasteiger partial charge in [0.1, 0.15) is 11.8 Å². The maximum absolute atomic E-state index is 13.5. The van der Waals surface area contributed by atoms with Gasteiger partial charge in [0, 0.05) is 38.9 Å². The first kappa shape index (κ1) is 20.3. The fourth-order valence-electron chi connectivity index (χ4n) is 4.44. The predicted molar refractivity (Wildman–Crippen MR) is 117 cm³/mol. The van der Waals surface area contributed by atoms with Crippen molar-refractivity contribution in [2.75, 3.05) is 38.2 Å². The first-order valence-corrected chi connectivity index (χ1v) is 10.7. The molecule has 1 unspecified atom stereocenters. The van der Waals surface area contributed by atoms with Crippen LogP contribution < -0.4 is 9.64 Å². The molecule has 1 saturated heterocycles. The third-order valence-corrected chi connectivity index (χ3v) is 6.00. The smallest absolute Gasteiger partial charge is 0.258 e. The summed E-state index contributed by atoms with van der Waals surface area (Å²) < 4.78 is 5.65. The Morgan fingerprint density at radius 1 is 1.03 bits per heavy atom. The summed E-state index contributed by atoms with van der Waals surface area (Å²) >= 11 is 0. The minimum Gasteiger partial charge on any atom is -0.493 e. The Labute approximate surface area is 178 Å². The van der Waals surface area contributed by atoms with Gasteiger partial charge in [-0.05, 0) is 43.5 Å². The number of hydrogen-bond acceptors (Lipinski definition) is 4. The second kappa shape index (κ2) is 8.78. The average molecular weight is 408 g/mol. The molecule has 0 radical (unpaired) electrons. The Balaban J connectivity index is 1.55. The van der Waals surface area contributed by atoms with Crippen molar-refractivity contribution in [2.45, 2.75) is 32.4 Å². The van der Waals surface area contributed by atoms with Crippen molar-refractivity contribution >= 4 is 17.5 Å². The predicted octanol–water partition coefficient (Wildman–Crippen LogP) is 3.17. The first-order valence-electron chi connectivity index (χ1n) is 10.7. The van der Waals surface area contributed by atoms with E-state index in [4.69, 9.17) is 4.74 Å². The maximum Gasteiger partial charge on any atom is 0.258 e. The van der Waals surface area contributed by atoms with Crippen molar-refractivity contribution in [1.29, 1.82) is 0 Å². The van der Waals surface area contributed by atoms with Crippen molar-refractivity contribution in [1.82, 2.24) is 9.80 Å². The molecule has 2 heterocycles. The number of carbonyl (C=O) groups is 2. The van der Waals surface area contributed by atoms with Crippen LogP contribution in [0, 0.1) is 0 Å². The normalized spacial score (nSPS) is 18.7. The number of likely N-dealkylation sites (N-methyl/N-ethyl adjacent to an activating group) is 1. The lowest BCUT2D eigenvalue weighted by Gasteiger charge is -2.30. The molecule has 0 N–H and O–H groups in total. The molecule has 1 atom stereocenters. The number of anilines is 1. The molecule has 6 heteroatoms. The molecule has 0 bridgehead atoms. The molecule has 2 aromatic rings. The van der Waals surface area contributed by atoms with E-state index >= 15 is 0 Å². The van der Waals surface area contributed by atoms with Crippen LogP contribution in [0.1, 0.15) is 35.7 Å². The van der Waals surface area contributed by atoms with Crippen LogP contribution in [0.4, 0.5) is 5.69 Å². The third kappa shape index (κ3) is 3.86. The van der Waals surface area contributed by atoms with Crippen molar-refractivity contribution < 1.29 is 14.3 Å². The highest BCUT2D eigenvalue weighted by Gasteiger charge is 2.38. The van der Waals surface area contributed by atoms with Crippen molar-refractivity contribution in [2.24, 2.45) is 0 Å². The van der Waals surface area contributed by atoms with Crippen LogP contribution in [-0.4, -0.2) is 60.9 Å². The summed E-state index contributed by atoms with van der Waals surface area (Å²) in [5.41, 5.74) is 2.83. The van der Waals surface area contributed by atoms with Gasteiger partial charge in [-0.25, -0.2) is 0 Å². The number of hydrogen-bond donors (Lipinski definition) is 0. The molecule has 2 amide bonds. The molecule has 0 saturated carbocycles.